The van der Waals surface area contributed by atoms with Crippen molar-refractivity contribution < 1.29 is 14.3 Å². The molecule has 4 nitrogen and oxygen atoms in total. The molecule has 0 bridgehead atoms. The van der Waals surface area contributed by atoms with Crippen molar-refractivity contribution in [1.29, 1.82) is 0 Å². The molecule has 0 saturated carbocycles. The van der Waals surface area contributed by atoms with Gasteiger partial charge in [0.2, 0.25) is 0 Å². The van der Waals surface area contributed by atoms with Gasteiger partial charge in [-0.3, -0.25) is 4.79 Å². The SMILES string of the molecule is NC(CCCC(=O)O)c1coc2ccccc12. The van der Waals surface area contributed by atoms with Gasteiger partial charge in [-0.2, -0.15) is 0 Å². The predicted molar refractivity (Wildman–Crippen MR) is 64.6 cm³/mol. The lowest BCUT2D eigenvalue weighted by molar-refractivity contribution is -0.137. The van der Waals surface area contributed by atoms with Crippen LogP contribution in [0.2, 0.25) is 0 Å². The first-order valence-corrected chi connectivity index (χ1v) is 5.62. The van der Waals surface area contributed by atoms with Crippen molar-refractivity contribution in [3.63, 3.8) is 0 Å². The van der Waals surface area contributed by atoms with Crippen LogP contribution in [0.3, 0.4) is 0 Å². The van der Waals surface area contributed by atoms with Crippen LogP contribution in [0.25, 0.3) is 11.0 Å². The Kier molecular flexibility index (Phi) is 3.44. The van der Waals surface area contributed by atoms with Gasteiger partial charge in [0.15, 0.2) is 0 Å². The van der Waals surface area contributed by atoms with Gasteiger partial charge in [0.1, 0.15) is 5.58 Å². The van der Waals surface area contributed by atoms with Gasteiger partial charge in [-0.05, 0) is 18.9 Å². The van der Waals surface area contributed by atoms with Gasteiger partial charge in [-0.15, -0.1) is 0 Å². The number of aliphatic carboxylic acids is 1. The summed E-state index contributed by atoms with van der Waals surface area (Å²) in [6, 6.07) is 7.53. The topological polar surface area (TPSA) is 76.5 Å². The number of carbonyl (C=O) groups is 1. The first-order chi connectivity index (χ1) is 8.18. The molecule has 2 aromatic rings. The molecular weight excluding hydrogens is 218 g/mol. The number of carboxylic acids is 1. The number of hydrogen-bond acceptors (Lipinski definition) is 3. The molecule has 0 radical (unpaired) electrons. The maximum Gasteiger partial charge on any atom is 0.303 e. The number of para-hydroxylation sites is 1. The molecule has 0 aliphatic carbocycles. The fraction of sp³-hybridized carbons (Fsp3) is 0.308. The van der Waals surface area contributed by atoms with Gasteiger partial charge in [-0.1, -0.05) is 18.2 Å². The Morgan fingerprint density at radius 3 is 2.94 bits per heavy atom. The van der Waals surface area contributed by atoms with E-state index < -0.39 is 5.97 Å². The van der Waals surface area contributed by atoms with Crippen LogP contribution in [0.1, 0.15) is 30.9 Å². The van der Waals surface area contributed by atoms with E-state index in [9.17, 15) is 4.79 Å². The first kappa shape index (κ1) is 11.7. The van der Waals surface area contributed by atoms with Crippen molar-refractivity contribution in [3.05, 3.63) is 36.1 Å². The van der Waals surface area contributed by atoms with Gasteiger partial charge in [0.25, 0.3) is 0 Å². The van der Waals surface area contributed by atoms with Crippen LogP contribution in [-0.4, -0.2) is 11.1 Å². The molecule has 1 aromatic heterocycles. The van der Waals surface area contributed by atoms with E-state index in [-0.39, 0.29) is 12.5 Å². The van der Waals surface area contributed by atoms with Crippen LogP contribution in [0.4, 0.5) is 0 Å². The van der Waals surface area contributed by atoms with Crippen molar-refractivity contribution in [1.82, 2.24) is 0 Å². The molecule has 0 saturated heterocycles. The van der Waals surface area contributed by atoms with Gasteiger partial charge in [0.05, 0.1) is 6.26 Å². The highest BCUT2D eigenvalue weighted by Gasteiger charge is 2.13. The Hall–Kier alpha value is -1.81. The average Bonchev–Trinajstić information content (AvgIpc) is 2.72. The van der Waals surface area contributed by atoms with E-state index >= 15 is 0 Å². The van der Waals surface area contributed by atoms with E-state index in [0.29, 0.717) is 12.8 Å². The first-order valence-electron chi connectivity index (χ1n) is 5.62. The summed E-state index contributed by atoms with van der Waals surface area (Å²) < 4.78 is 5.40. The summed E-state index contributed by atoms with van der Waals surface area (Å²) in [6.45, 7) is 0. The molecule has 0 aliphatic rings. The van der Waals surface area contributed by atoms with Crippen molar-refractivity contribution in [2.24, 2.45) is 5.73 Å². The third-order valence-electron chi connectivity index (χ3n) is 2.82. The van der Waals surface area contributed by atoms with E-state index in [1.807, 2.05) is 24.3 Å². The van der Waals surface area contributed by atoms with Gasteiger partial charge in [-0.25, -0.2) is 0 Å². The highest BCUT2D eigenvalue weighted by molar-refractivity contribution is 5.81. The Bertz CT molecular complexity index is 518. The fourth-order valence-corrected chi connectivity index (χ4v) is 1.91. The molecule has 1 aromatic carbocycles. The largest absolute Gasteiger partial charge is 0.481 e. The second-order valence-electron chi connectivity index (χ2n) is 4.08. The van der Waals surface area contributed by atoms with Crippen molar-refractivity contribution in [2.45, 2.75) is 25.3 Å². The Balaban J connectivity index is 2.08. The van der Waals surface area contributed by atoms with Crippen LogP contribution < -0.4 is 5.73 Å². The molecule has 4 heteroatoms. The summed E-state index contributed by atoms with van der Waals surface area (Å²) in [7, 11) is 0. The molecular formula is C13H15NO3. The smallest absolute Gasteiger partial charge is 0.303 e. The predicted octanol–water partition coefficient (Wildman–Crippen LogP) is 2.69. The molecule has 1 heterocycles. The Morgan fingerprint density at radius 2 is 2.18 bits per heavy atom. The number of hydrogen-bond donors (Lipinski definition) is 2. The second-order valence-corrected chi connectivity index (χ2v) is 4.08. The maximum atomic E-state index is 10.4. The molecule has 0 amide bonds. The molecule has 1 unspecified atom stereocenters. The van der Waals surface area contributed by atoms with E-state index in [2.05, 4.69) is 0 Å². The van der Waals surface area contributed by atoms with Crippen LogP contribution >= 0.6 is 0 Å². The van der Waals surface area contributed by atoms with Crippen LogP contribution in [-0.2, 0) is 4.79 Å². The summed E-state index contributed by atoms with van der Waals surface area (Å²) in [5.74, 6) is -0.783. The quantitative estimate of drug-likeness (QED) is 0.832. The summed E-state index contributed by atoms with van der Waals surface area (Å²) in [5, 5.41) is 9.58. The standard InChI is InChI=1S/C13H15NO3/c14-11(5-3-7-13(15)16)10-8-17-12-6-2-1-4-9(10)12/h1-2,4,6,8,11H,3,5,7,14H2,(H,15,16). The fourth-order valence-electron chi connectivity index (χ4n) is 1.91. The number of rotatable bonds is 5. The molecule has 3 N–H and O–H groups in total. The summed E-state index contributed by atoms with van der Waals surface area (Å²) in [4.78, 5) is 10.4. The van der Waals surface area contributed by atoms with E-state index in [1.165, 1.54) is 0 Å². The number of carboxylic acid groups (broad SMARTS) is 1. The van der Waals surface area contributed by atoms with Crippen molar-refractivity contribution in [2.75, 3.05) is 0 Å². The normalized spacial score (nSPS) is 12.8. The molecule has 17 heavy (non-hydrogen) atoms. The molecule has 0 aliphatic heterocycles. The molecule has 90 valence electrons. The zero-order valence-corrected chi connectivity index (χ0v) is 9.43. The van der Waals surface area contributed by atoms with Crippen molar-refractivity contribution in [3.8, 4) is 0 Å². The van der Waals surface area contributed by atoms with Crippen molar-refractivity contribution >= 4 is 16.9 Å². The second kappa shape index (κ2) is 5.01. The average molecular weight is 233 g/mol. The van der Waals surface area contributed by atoms with Gasteiger partial charge in [0, 0.05) is 23.4 Å². The van der Waals surface area contributed by atoms with E-state index in [0.717, 1.165) is 16.5 Å². The van der Waals surface area contributed by atoms with Gasteiger partial charge >= 0.3 is 5.97 Å². The van der Waals surface area contributed by atoms with E-state index in [1.54, 1.807) is 6.26 Å². The Morgan fingerprint density at radius 1 is 1.41 bits per heavy atom. The monoisotopic (exact) mass is 233 g/mol. The number of nitrogens with two attached hydrogens (primary N) is 1. The van der Waals surface area contributed by atoms with E-state index in [4.69, 9.17) is 15.3 Å². The molecule has 1 atom stereocenters. The third-order valence-corrected chi connectivity index (χ3v) is 2.82. The van der Waals surface area contributed by atoms with Crippen LogP contribution in [0.15, 0.2) is 34.9 Å². The minimum atomic E-state index is -0.783. The molecule has 2 rings (SSSR count). The zero-order valence-electron chi connectivity index (χ0n) is 9.43. The molecule has 0 fully saturated rings. The maximum absolute atomic E-state index is 10.4. The summed E-state index contributed by atoms with van der Waals surface area (Å²) in [5.41, 5.74) is 7.80. The summed E-state index contributed by atoms with van der Waals surface area (Å²) in [6.07, 6.45) is 3.05. The highest BCUT2D eigenvalue weighted by atomic mass is 16.4. The summed E-state index contributed by atoms with van der Waals surface area (Å²) >= 11 is 0. The lowest BCUT2D eigenvalue weighted by Crippen LogP contribution is -2.10. The minimum Gasteiger partial charge on any atom is -0.481 e. The lowest BCUT2D eigenvalue weighted by Gasteiger charge is -2.08. The van der Waals surface area contributed by atoms with Crippen LogP contribution in [0, 0.1) is 0 Å². The lowest BCUT2D eigenvalue weighted by atomic mass is 10.0. The third kappa shape index (κ3) is 2.65. The van der Waals surface area contributed by atoms with Gasteiger partial charge < -0.3 is 15.3 Å². The minimum absolute atomic E-state index is 0.156. The number of fused-ring (bicyclic) bond motifs is 1. The van der Waals surface area contributed by atoms with Crippen LogP contribution in [0.5, 0.6) is 0 Å². The molecule has 0 spiro atoms. The number of benzene rings is 1. The highest BCUT2D eigenvalue weighted by Crippen LogP contribution is 2.27. The zero-order chi connectivity index (χ0) is 12.3. The number of furan rings is 1. The Labute approximate surface area is 99.0 Å².